The lowest BCUT2D eigenvalue weighted by molar-refractivity contribution is -0.271. The van der Waals surface area contributed by atoms with Gasteiger partial charge in [0.2, 0.25) is 12.0 Å². The van der Waals surface area contributed by atoms with Gasteiger partial charge in [-0.1, -0.05) is 44.2 Å². The number of ether oxygens (including phenoxy) is 6. The summed E-state index contributed by atoms with van der Waals surface area (Å²) in [5.41, 5.74) is 3.94. The molecule has 0 amide bonds. The van der Waals surface area contributed by atoms with Crippen molar-refractivity contribution in [2.75, 3.05) is 33.6 Å². The number of aliphatic hydroxyl groups excluding tert-OH is 4. The minimum absolute atomic E-state index is 0.0841. The molecule has 3 aliphatic heterocycles. The van der Waals surface area contributed by atoms with Gasteiger partial charge in [0.25, 0.3) is 0 Å². The number of aliphatic hydroxyl groups is 4. The summed E-state index contributed by atoms with van der Waals surface area (Å²) in [6.45, 7) is 5.52. The molecular weight excluding hydrogens is 638 g/mol. The summed E-state index contributed by atoms with van der Waals surface area (Å²) in [6, 6.07) is 14.7. The van der Waals surface area contributed by atoms with Crippen LogP contribution in [0, 0.1) is 5.92 Å². The van der Waals surface area contributed by atoms with E-state index in [1.807, 2.05) is 36.4 Å². The number of hydrogen-bond donors (Lipinski definition) is 6. The first-order chi connectivity index (χ1) is 23.6. The van der Waals surface area contributed by atoms with Gasteiger partial charge in [0, 0.05) is 23.8 Å². The van der Waals surface area contributed by atoms with Crippen LogP contribution in [0.5, 0.6) is 28.7 Å². The second kappa shape index (κ2) is 14.8. The summed E-state index contributed by atoms with van der Waals surface area (Å²) >= 11 is 0. The highest BCUT2D eigenvalue weighted by atomic mass is 16.7. The van der Waals surface area contributed by atoms with Crippen molar-refractivity contribution in [3.63, 3.8) is 0 Å². The fourth-order valence-corrected chi connectivity index (χ4v) is 6.62. The van der Waals surface area contributed by atoms with E-state index < -0.39 is 42.8 Å². The SMILES string of the molecule is COc1c(OCNCCC(C)C)cc(CCO)c2c1O[C@@H]1c3c(cc(O[C@H]4O[C@H](C(=O)O)[C@@H](O)[C@H](O)[C@H]4O)cc3-c3ccccc3)OC[C@@H]21. The Balaban J connectivity index is 1.37. The van der Waals surface area contributed by atoms with Crippen LogP contribution in [0.15, 0.2) is 48.5 Å². The smallest absolute Gasteiger partial charge is 0.335 e. The highest BCUT2D eigenvalue weighted by molar-refractivity contribution is 5.75. The standard InChI is InChI=1S/C36H43NO12/c1-18(2)9-11-37-17-46-25-13-20(10-12-38)26-23-16-45-24-15-21(47-36-30(41)28(39)29(40)34(49-36)35(42)43)14-22(19-7-5-4-6-8-19)27(24)31(23)48-33(26)32(25)44-3/h4-8,13-15,18,23,28-31,34,36-41H,9-12,16-17H2,1-3H3,(H,42,43)/t23-,28-,29-,30+,31-,34-,36-/m0/s1. The number of carbonyl (C=O) groups is 1. The number of rotatable bonds is 13. The van der Waals surface area contributed by atoms with Gasteiger partial charge in [0.05, 0.1) is 19.6 Å². The highest BCUT2D eigenvalue weighted by Gasteiger charge is 2.49. The third-order valence-electron chi connectivity index (χ3n) is 9.09. The van der Waals surface area contributed by atoms with E-state index >= 15 is 0 Å². The van der Waals surface area contributed by atoms with Gasteiger partial charge in [-0.05, 0) is 54.1 Å². The maximum Gasteiger partial charge on any atom is 0.335 e. The van der Waals surface area contributed by atoms with Gasteiger partial charge in [-0.15, -0.1) is 0 Å². The van der Waals surface area contributed by atoms with Gasteiger partial charge >= 0.3 is 5.97 Å². The molecular formula is C36H43NO12. The number of fused-ring (bicyclic) bond motifs is 5. The predicted octanol–water partition coefficient (Wildman–Crippen LogP) is 2.75. The van der Waals surface area contributed by atoms with Gasteiger partial charge in [0.15, 0.2) is 17.6 Å². The predicted molar refractivity (Wildman–Crippen MR) is 175 cm³/mol. The van der Waals surface area contributed by atoms with Gasteiger partial charge in [-0.3, -0.25) is 5.32 Å². The number of benzene rings is 3. The third kappa shape index (κ3) is 6.87. The Labute approximate surface area is 283 Å². The number of methoxy groups -OCH3 is 1. The number of carboxylic acid groups (broad SMARTS) is 1. The number of carboxylic acids is 1. The molecule has 3 aromatic rings. The second-order valence-corrected chi connectivity index (χ2v) is 12.8. The van der Waals surface area contributed by atoms with Gasteiger partial charge in [-0.25, -0.2) is 4.79 Å². The zero-order valence-electron chi connectivity index (χ0n) is 27.6. The first kappa shape index (κ1) is 34.7. The normalized spacial score (nSPS) is 25.4. The minimum atomic E-state index is -1.85. The maximum absolute atomic E-state index is 11.7. The molecule has 13 heteroatoms. The van der Waals surface area contributed by atoms with Crippen LogP contribution in [-0.4, -0.2) is 95.8 Å². The first-order valence-corrected chi connectivity index (χ1v) is 16.4. The Kier molecular flexibility index (Phi) is 10.5. The van der Waals surface area contributed by atoms with Crippen molar-refractivity contribution in [3.05, 3.63) is 65.2 Å². The van der Waals surface area contributed by atoms with Crippen LogP contribution >= 0.6 is 0 Å². The molecule has 264 valence electrons. The molecule has 3 aromatic carbocycles. The van der Waals surface area contributed by atoms with Gasteiger partial charge < -0.3 is 54.0 Å². The van der Waals surface area contributed by atoms with Crippen LogP contribution in [0.1, 0.15) is 49.0 Å². The average Bonchev–Trinajstić information content (AvgIpc) is 3.48. The first-order valence-electron chi connectivity index (χ1n) is 16.4. The van der Waals surface area contributed by atoms with E-state index in [0.717, 1.165) is 35.2 Å². The lowest BCUT2D eigenvalue weighted by Gasteiger charge is -2.38. The molecule has 1 saturated heterocycles. The molecule has 6 N–H and O–H groups in total. The molecule has 3 heterocycles. The van der Waals surface area contributed by atoms with Crippen LogP contribution in [0.4, 0.5) is 0 Å². The Morgan fingerprint density at radius 3 is 2.51 bits per heavy atom. The molecule has 0 unspecified atom stereocenters. The molecule has 49 heavy (non-hydrogen) atoms. The number of aliphatic carboxylic acids is 1. The molecule has 7 atom stereocenters. The lowest BCUT2D eigenvalue weighted by Crippen LogP contribution is -2.61. The second-order valence-electron chi connectivity index (χ2n) is 12.8. The molecule has 0 saturated carbocycles. The molecule has 0 spiro atoms. The number of nitrogens with one attached hydrogen (secondary N) is 1. The molecule has 13 nitrogen and oxygen atoms in total. The van der Waals surface area contributed by atoms with E-state index in [2.05, 4.69) is 19.2 Å². The summed E-state index contributed by atoms with van der Waals surface area (Å²) < 4.78 is 36.4. The van der Waals surface area contributed by atoms with Crippen molar-refractivity contribution in [2.24, 2.45) is 5.92 Å². The maximum atomic E-state index is 11.7. The summed E-state index contributed by atoms with van der Waals surface area (Å²) in [7, 11) is 1.56. The quantitative estimate of drug-likeness (QED) is 0.114. The fourth-order valence-electron chi connectivity index (χ4n) is 6.62. The molecule has 1 fully saturated rings. The van der Waals surface area contributed by atoms with Crippen molar-refractivity contribution >= 4 is 5.97 Å². The lowest BCUT2D eigenvalue weighted by atomic mass is 9.83. The van der Waals surface area contributed by atoms with E-state index in [9.17, 15) is 30.3 Å². The zero-order chi connectivity index (χ0) is 34.8. The summed E-state index contributed by atoms with van der Waals surface area (Å²) in [4.78, 5) is 11.7. The summed E-state index contributed by atoms with van der Waals surface area (Å²) in [6.07, 6.45) is -7.98. The summed E-state index contributed by atoms with van der Waals surface area (Å²) in [5.74, 6) is 0.832. The molecule has 0 aliphatic carbocycles. The molecule has 3 aliphatic rings. The average molecular weight is 682 g/mol. The van der Waals surface area contributed by atoms with Crippen molar-refractivity contribution in [2.45, 2.75) is 69.4 Å². The highest BCUT2D eigenvalue weighted by Crippen LogP contribution is 2.59. The Hall–Kier alpha value is -4.11. The van der Waals surface area contributed by atoms with Crippen LogP contribution in [0.25, 0.3) is 11.1 Å². The number of hydrogen-bond acceptors (Lipinski definition) is 12. The zero-order valence-corrected chi connectivity index (χ0v) is 27.6. The summed E-state index contributed by atoms with van der Waals surface area (Å²) in [5, 5.41) is 53.9. The molecule has 0 bridgehead atoms. The third-order valence-corrected chi connectivity index (χ3v) is 9.09. The van der Waals surface area contributed by atoms with Crippen molar-refractivity contribution in [3.8, 4) is 39.9 Å². The van der Waals surface area contributed by atoms with Crippen molar-refractivity contribution in [1.82, 2.24) is 5.32 Å². The van der Waals surface area contributed by atoms with E-state index in [0.29, 0.717) is 40.9 Å². The Bertz CT molecular complexity index is 1630. The van der Waals surface area contributed by atoms with Crippen LogP contribution in [0.2, 0.25) is 0 Å². The van der Waals surface area contributed by atoms with Crippen molar-refractivity contribution in [1.29, 1.82) is 0 Å². The van der Waals surface area contributed by atoms with Crippen LogP contribution in [-0.2, 0) is 16.0 Å². The molecule has 6 rings (SSSR count). The molecule has 0 aromatic heterocycles. The fraction of sp³-hybridized carbons (Fsp3) is 0.472. The largest absolute Gasteiger partial charge is 0.492 e. The van der Waals surface area contributed by atoms with Crippen LogP contribution in [0.3, 0.4) is 0 Å². The van der Waals surface area contributed by atoms with Crippen LogP contribution < -0.4 is 29.0 Å². The van der Waals surface area contributed by atoms with Crippen molar-refractivity contribution < 1.29 is 58.7 Å². The Morgan fingerprint density at radius 1 is 1.04 bits per heavy atom. The van der Waals surface area contributed by atoms with E-state index in [-0.39, 0.29) is 31.6 Å². The Morgan fingerprint density at radius 2 is 1.82 bits per heavy atom. The monoisotopic (exact) mass is 681 g/mol. The van der Waals surface area contributed by atoms with E-state index in [1.165, 1.54) is 0 Å². The topological polar surface area (TPSA) is 186 Å². The van der Waals surface area contributed by atoms with Gasteiger partial charge in [0.1, 0.15) is 42.6 Å². The van der Waals surface area contributed by atoms with E-state index in [4.69, 9.17) is 28.4 Å². The minimum Gasteiger partial charge on any atom is -0.492 e. The van der Waals surface area contributed by atoms with Gasteiger partial charge in [-0.2, -0.15) is 0 Å². The molecule has 0 radical (unpaired) electrons. The van der Waals surface area contributed by atoms with E-state index in [1.54, 1.807) is 19.2 Å².